The van der Waals surface area contributed by atoms with Gasteiger partial charge in [0.25, 0.3) is 0 Å². The fourth-order valence-corrected chi connectivity index (χ4v) is 2.51. The average Bonchev–Trinajstić information content (AvgIpc) is 2.84. The van der Waals surface area contributed by atoms with Crippen molar-refractivity contribution in [3.05, 3.63) is 35.4 Å². The number of hydrogen-bond donors (Lipinski definition) is 1. The van der Waals surface area contributed by atoms with Crippen molar-refractivity contribution in [2.45, 2.75) is 38.7 Å². The molecule has 1 fully saturated rings. The second kappa shape index (κ2) is 5.19. The number of hydrogen-bond acceptors (Lipinski definition) is 2. The molecule has 0 spiro atoms. The molecular weight excluding hydrogens is 212 g/mol. The summed E-state index contributed by atoms with van der Waals surface area (Å²) < 4.78 is 5.37. The Bertz CT molecular complexity index is 348. The third-order valence-corrected chi connectivity index (χ3v) is 3.80. The van der Waals surface area contributed by atoms with Crippen LogP contribution in [0.4, 0.5) is 0 Å². The maximum absolute atomic E-state index is 10.6. The topological polar surface area (TPSA) is 29.5 Å². The molecule has 2 nitrogen and oxygen atoms in total. The van der Waals surface area contributed by atoms with Crippen molar-refractivity contribution in [3.63, 3.8) is 0 Å². The van der Waals surface area contributed by atoms with Gasteiger partial charge in [0.05, 0.1) is 12.2 Å². The maximum Gasteiger partial charge on any atom is 0.0919 e. The maximum atomic E-state index is 10.6. The summed E-state index contributed by atoms with van der Waals surface area (Å²) in [5, 5.41) is 10.6. The molecule has 0 aromatic heterocycles. The third-order valence-electron chi connectivity index (χ3n) is 3.80. The largest absolute Gasteiger partial charge is 0.385 e. The normalized spacial score (nSPS) is 23.6. The number of aliphatic hydroxyl groups is 1. The van der Waals surface area contributed by atoms with E-state index in [2.05, 4.69) is 31.2 Å². The molecule has 0 aliphatic carbocycles. The van der Waals surface area contributed by atoms with Crippen LogP contribution in [0.2, 0.25) is 0 Å². The summed E-state index contributed by atoms with van der Waals surface area (Å²) in [7, 11) is 0. The Hall–Kier alpha value is -0.860. The van der Waals surface area contributed by atoms with Gasteiger partial charge in [-0.1, -0.05) is 37.6 Å². The van der Waals surface area contributed by atoms with Crippen molar-refractivity contribution in [2.75, 3.05) is 13.2 Å². The van der Waals surface area contributed by atoms with E-state index < -0.39 is 5.60 Å². The van der Waals surface area contributed by atoms with Gasteiger partial charge >= 0.3 is 0 Å². The summed E-state index contributed by atoms with van der Waals surface area (Å²) in [6.45, 7) is 5.53. The highest BCUT2D eigenvalue weighted by Crippen LogP contribution is 2.34. The number of aryl methyl sites for hydroxylation is 1. The Labute approximate surface area is 104 Å². The van der Waals surface area contributed by atoms with Gasteiger partial charge in [0.2, 0.25) is 0 Å². The summed E-state index contributed by atoms with van der Waals surface area (Å²) in [6, 6.07) is 8.37. The van der Waals surface area contributed by atoms with E-state index in [9.17, 15) is 5.11 Å². The molecule has 0 amide bonds. The predicted octanol–water partition coefficient (Wildman–Crippen LogP) is 2.88. The monoisotopic (exact) mass is 234 g/mol. The minimum absolute atomic E-state index is 0.222. The Morgan fingerprint density at radius 1 is 1.35 bits per heavy atom. The van der Waals surface area contributed by atoms with Crippen LogP contribution in [0.5, 0.6) is 0 Å². The lowest BCUT2D eigenvalue weighted by Crippen LogP contribution is -2.32. The van der Waals surface area contributed by atoms with Gasteiger partial charge < -0.3 is 9.84 Å². The van der Waals surface area contributed by atoms with Crippen LogP contribution in [-0.2, 0) is 16.8 Å². The Morgan fingerprint density at radius 2 is 2.06 bits per heavy atom. The molecule has 2 heteroatoms. The molecule has 0 radical (unpaired) electrons. The number of benzene rings is 1. The summed E-state index contributed by atoms with van der Waals surface area (Å²) in [5.41, 5.74) is 1.59. The van der Waals surface area contributed by atoms with Gasteiger partial charge in [-0.15, -0.1) is 0 Å². The van der Waals surface area contributed by atoms with E-state index in [1.807, 2.05) is 6.92 Å². The van der Waals surface area contributed by atoms with Crippen LogP contribution in [0.25, 0.3) is 0 Å². The van der Waals surface area contributed by atoms with E-state index in [0.717, 1.165) is 31.4 Å². The van der Waals surface area contributed by atoms with Gasteiger partial charge in [-0.25, -0.2) is 0 Å². The van der Waals surface area contributed by atoms with E-state index in [1.165, 1.54) is 5.56 Å². The fraction of sp³-hybridized carbons (Fsp3) is 0.600. The third kappa shape index (κ3) is 2.70. The summed E-state index contributed by atoms with van der Waals surface area (Å²) in [4.78, 5) is 0. The summed E-state index contributed by atoms with van der Waals surface area (Å²) in [5.74, 6) is 0.222. The van der Waals surface area contributed by atoms with Crippen molar-refractivity contribution in [1.82, 2.24) is 0 Å². The van der Waals surface area contributed by atoms with Gasteiger partial charge in [-0.05, 0) is 30.9 Å². The highest BCUT2D eigenvalue weighted by atomic mass is 16.5. The first kappa shape index (κ1) is 12.6. The summed E-state index contributed by atoms with van der Waals surface area (Å²) >= 11 is 0. The van der Waals surface area contributed by atoms with Crippen LogP contribution in [0, 0.1) is 5.92 Å². The molecule has 0 saturated carbocycles. The highest BCUT2D eigenvalue weighted by Gasteiger charge is 2.36. The SMILES string of the molecule is CCCc1ccc(C(C)(O)C2CCOC2)cc1. The van der Waals surface area contributed by atoms with Crippen LogP contribution in [0.3, 0.4) is 0 Å². The van der Waals surface area contributed by atoms with E-state index in [1.54, 1.807) is 0 Å². The first-order chi connectivity index (χ1) is 8.14. The standard InChI is InChI=1S/C15H22O2/c1-3-4-12-5-7-13(8-6-12)15(2,16)14-9-10-17-11-14/h5-8,14,16H,3-4,9-11H2,1-2H3. The predicted molar refractivity (Wildman–Crippen MR) is 68.9 cm³/mol. The molecule has 2 rings (SSSR count). The van der Waals surface area contributed by atoms with E-state index >= 15 is 0 Å². The molecule has 94 valence electrons. The minimum Gasteiger partial charge on any atom is -0.385 e. The number of ether oxygens (including phenoxy) is 1. The minimum atomic E-state index is -0.763. The van der Waals surface area contributed by atoms with Gasteiger partial charge in [0, 0.05) is 12.5 Å². The van der Waals surface area contributed by atoms with Crippen LogP contribution >= 0.6 is 0 Å². The zero-order valence-corrected chi connectivity index (χ0v) is 10.8. The molecule has 1 N–H and O–H groups in total. The second-order valence-electron chi connectivity index (χ2n) is 5.15. The fourth-order valence-electron chi connectivity index (χ4n) is 2.51. The lowest BCUT2D eigenvalue weighted by molar-refractivity contribution is -0.00972. The van der Waals surface area contributed by atoms with Crippen molar-refractivity contribution in [3.8, 4) is 0 Å². The van der Waals surface area contributed by atoms with Crippen molar-refractivity contribution in [2.24, 2.45) is 5.92 Å². The molecule has 1 heterocycles. The zero-order chi connectivity index (χ0) is 12.3. The van der Waals surface area contributed by atoms with E-state index in [0.29, 0.717) is 6.61 Å². The first-order valence-electron chi connectivity index (χ1n) is 6.54. The van der Waals surface area contributed by atoms with Crippen LogP contribution in [0.1, 0.15) is 37.8 Å². The van der Waals surface area contributed by atoms with E-state index in [-0.39, 0.29) is 5.92 Å². The first-order valence-corrected chi connectivity index (χ1v) is 6.54. The van der Waals surface area contributed by atoms with E-state index in [4.69, 9.17) is 4.74 Å². The van der Waals surface area contributed by atoms with Crippen LogP contribution in [0.15, 0.2) is 24.3 Å². The Balaban J connectivity index is 2.14. The zero-order valence-electron chi connectivity index (χ0n) is 10.8. The molecule has 1 saturated heterocycles. The smallest absolute Gasteiger partial charge is 0.0919 e. The molecule has 17 heavy (non-hydrogen) atoms. The quantitative estimate of drug-likeness (QED) is 0.868. The second-order valence-corrected chi connectivity index (χ2v) is 5.15. The Morgan fingerprint density at radius 3 is 2.59 bits per heavy atom. The Kier molecular flexibility index (Phi) is 3.85. The molecular formula is C15H22O2. The summed E-state index contributed by atoms with van der Waals surface area (Å²) in [6.07, 6.45) is 3.21. The molecule has 0 bridgehead atoms. The van der Waals surface area contributed by atoms with Crippen LogP contribution in [-0.4, -0.2) is 18.3 Å². The van der Waals surface area contributed by atoms with Gasteiger partial charge in [0.1, 0.15) is 0 Å². The van der Waals surface area contributed by atoms with Crippen molar-refractivity contribution in [1.29, 1.82) is 0 Å². The average molecular weight is 234 g/mol. The van der Waals surface area contributed by atoms with Crippen molar-refractivity contribution >= 4 is 0 Å². The molecule has 1 aromatic rings. The van der Waals surface area contributed by atoms with Crippen molar-refractivity contribution < 1.29 is 9.84 Å². The lowest BCUT2D eigenvalue weighted by Gasteiger charge is -2.29. The van der Waals surface area contributed by atoms with Gasteiger partial charge in [-0.2, -0.15) is 0 Å². The molecule has 1 aromatic carbocycles. The number of rotatable bonds is 4. The molecule has 1 aliphatic heterocycles. The van der Waals surface area contributed by atoms with Gasteiger partial charge in [-0.3, -0.25) is 0 Å². The molecule has 1 aliphatic rings. The lowest BCUT2D eigenvalue weighted by atomic mass is 9.82. The highest BCUT2D eigenvalue weighted by molar-refractivity contribution is 5.27. The molecule has 2 unspecified atom stereocenters. The van der Waals surface area contributed by atoms with Gasteiger partial charge in [0.15, 0.2) is 0 Å². The van der Waals surface area contributed by atoms with Crippen LogP contribution < -0.4 is 0 Å². The molecule has 2 atom stereocenters.